The average Bonchev–Trinajstić information content (AvgIpc) is 2.27. The maximum Gasteiger partial charge on any atom is 0.297 e. The molecule has 0 spiro atoms. The number of nitro benzene ring substituents is 1. The molecule has 0 saturated carbocycles. The third-order valence-corrected chi connectivity index (χ3v) is 4.55. The van der Waals surface area contributed by atoms with Crippen LogP contribution >= 0.6 is 0 Å². The molecule has 1 N–H and O–H groups in total. The molecule has 1 rings (SSSR count). The van der Waals surface area contributed by atoms with E-state index in [1.54, 1.807) is 0 Å². The van der Waals surface area contributed by atoms with E-state index in [1.807, 2.05) is 0 Å². The third kappa shape index (κ3) is 3.34. The number of rotatable bonds is 4. The van der Waals surface area contributed by atoms with Crippen molar-refractivity contribution in [3.63, 3.8) is 0 Å². The molecule has 106 valence electrons. The van der Waals surface area contributed by atoms with E-state index >= 15 is 0 Å². The maximum atomic E-state index is 12.0. The van der Waals surface area contributed by atoms with Crippen LogP contribution in [0, 0.1) is 10.1 Å². The second-order valence-corrected chi connectivity index (χ2v) is 7.29. The summed E-state index contributed by atoms with van der Waals surface area (Å²) in [6, 6.07) is 3.92. The minimum absolute atomic E-state index is 0.0827. The zero-order chi connectivity index (χ0) is 14.8. The Kier molecular flexibility index (Phi) is 4.04. The summed E-state index contributed by atoms with van der Waals surface area (Å²) in [5.74, 6) is 0.283. The van der Waals surface area contributed by atoms with Crippen LogP contribution in [0.1, 0.15) is 20.8 Å². The first-order chi connectivity index (χ1) is 8.58. The topological polar surface area (TPSA) is 98.5 Å². The van der Waals surface area contributed by atoms with E-state index in [0.717, 1.165) is 0 Å². The average molecular weight is 288 g/mol. The van der Waals surface area contributed by atoms with Crippen molar-refractivity contribution in [2.45, 2.75) is 25.5 Å². The number of nitrogens with zero attached hydrogens (tertiary/aromatic N) is 1. The molecule has 0 amide bonds. The molecule has 0 aliphatic carbocycles. The summed E-state index contributed by atoms with van der Waals surface area (Å²) in [4.78, 5) is 10.3. The van der Waals surface area contributed by atoms with E-state index in [-0.39, 0.29) is 17.1 Å². The molecule has 0 heterocycles. The molecule has 0 radical (unpaired) electrons. The van der Waals surface area contributed by atoms with Gasteiger partial charge in [-0.1, -0.05) is 0 Å². The third-order valence-electron chi connectivity index (χ3n) is 2.45. The molecule has 0 aliphatic heterocycles. The van der Waals surface area contributed by atoms with Gasteiger partial charge >= 0.3 is 0 Å². The Morgan fingerprint density at radius 3 is 2.32 bits per heavy atom. The van der Waals surface area contributed by atoms with Gasteiger partial charge in [-0.2, -0.15) is 0 Å². The van der Waals surface area contributed by atoms with Crippen molar-refractivity contribution in [3.05, 3.63) is 28.3 Å². The van der Waals surface area contributed by atoms with Crippen LogP contribution in [0.2, 0.25) is 0 Å². The van der Waals surface area contributed by atoms with Crippen molar-refractivity contribution in [1.82, 2.24) is 0 Å². The predicted molar refractivity (Wildman–Crippen MR) is 71.9 cm³/mol. The van der Waals surface area contributed by atoms with Crippen LogP contribution in [0.15, 0.2) is 18.2 Å². The van der Waals surface area contributed by atoms with E-state index in [0.29, 0.717) is 0 Å². The molecule has 0 saturated heterocycles. The lowest BCUT2D eigenvalue weighted by Crippen LogP contribution is -2.33. The zero-order valence-corrected chi connectivity index (χ0v) is 11.9. The van der Waals surface area contributed by atoms with Crippen molar-refractivity contribution < 1.29 is 18.1 Å². The lowest BCUT2D eigenvalue weighted by molar-refractivity contribution is -0.384. The number of benzene rings is 1. The number of hydrogen-bond acceptors (Lipinski definition) is 5. The molecule has 19 heavy (non-hydrogen) atoms. The van der Waals surface area contributed by atoms with Crippen molar-refractivity contribution >= 4 is 21.4 Å². The highest BCUT2D eigenvalue weighted by Crippen LogP contribution is 2.31. The highest BCUT2D eigenvalue weighted by atomic mass is 32.2. The summed E-state index contributed by atoms with van der Waals surface area (Å²) in [6.07, 6.45) is 0. The van der Waals surface area contributed by atoms with Gasteiger partial charge in [-0.15, -0.1) is 0 Å². The van der Waals surface area contributed by atoms with Gasteiger partial charge in [0.05, 0.1) is 22.8 Å². The number of anilines is 1. The van der Waals surface area contributed by atoms with E-state index in [4.69, 9.17) is 4.74 Å². The maximum absolute atomic E-state index is 12.0. The van der Waals surface area contributed by atoms with Gasteiger partial charge in [-0.05, 0) is 32.9 Å². The quantitative estimate of drug-likeness (QED) is 0.676. The second kappa shape index (κ2) is 5.04. The van der Waals surface area contributed by atoms with Crippen molar-refractivity contribution in [2.24, 2.45) is 0 Å². The first-order valence-corrected chi connectivity index (χ1v) is 6.91. The second-order valence-electron chi connectivity index (χ2n) is 4.86. The lowest BCUT2D eigenvalue weighted by atomic mass is 10.2. The van der Waals surface area contributed by atoms with Gasteiger partial charge in [0.25, 0.3) is 5.69 Å². The molecule has 0 fully saturated rings. The number of nitrogens with one attached hydrogen (secondary N) is 1. The summed E-state index contributed by atoms with van der Waals surface area (Å²) in [6.45, 7) is 4.51. The molecule has 0 aliphatic rings. The van der Waals surface area contributed by atoms with Crippen LogP contribution in [0.25, 0.3) is 0 Å². The number of nitro groups is 1. The number of ether oxygens (including phenoxy) is 1. The predicted octanol–water partition coefficient (Wildman–Crippen LogP) is 2.14. The molecular formula is C11H16N2O5S. The Hall–Kier alpha value is -1.83. The summed E-state index contributed by atoms with van der Waals surface area (Å²) in [5.41, 5.74) is -0.437. The van der Waals surface area contributed by atoms with Gasteiger partial charge in [0.15, 0.2) is 0 Å². The van der Waals surface area contributed by atoms with E-state index in [2.05, 4.69) is 4.72 Å². The Bertz CT molecular complexity index is 590. The van der Waals surface area contributed by atoms with Crippen molar-refractivity contribution in [3.8, 4) is 5.75 Å². The minimum atomic E-state index is -3.72. The normalized spacial score (nSPS) is 12.0. The van der Waals surface area contributed by atoms with Crippen LogP contribution in [0.5, 0.6) is 5.75 Å². The fourth-order valence-electron chi connectivity index (χ4n) is 1.17. The summed E-state index contributed by atoms with van der Waals surface area (Å²) in [5, 5.41) is 10.9. The fourth-order valence-corrected chi connectivity index (χ4v) is 1.94. The van der Waals surface area contributed by atoms with Gasteiger partial charge < -0.3 is 4.74 Å². The van der Waals surface area contributed by atoms with Gasteiger partial charge in [0, 0.05) is 0 Å². The molecule has 1 aromatic rings. The van der Waals surface area contributed by atoms with Gasteiger partial charge in [0.2, 0.25) is 10.0 Å². The smallest absolute Gasteiger partial charge is 0.297 e. The van der Waals surface area contributed by atoms with Gasteiger partial charge in [-0.25, -0.2) is 8.42 Å². The summed E-state index contributed by atoms with van der Waals surface area (Å²) >= 11 is 0. The monoisotopic (exact) mass is 288 g/mol. The number of hydrogen-bond donors (Lipinski definition) is 1. The van der Waals surface area contributed by atoms with E-state index in [9.17, 15) is 18.5 Å². The Balaban J connectivity index is 3.26. The standard InChI is InChI=1S/C11H16N2O5S/c1-11(2,3)19(16,17)12-9-6-5-8(18-4)7-10(9)13(14)15/h5-7,12H,1-4H3. The van der Waals surface area contributed by atoms with Gasteiger partial charge in [-0.3, -0.25) is 14.8 Å². The van der Waals surface area contributed by atoms with E-state index < -0.39 is 19.7 Å². The number of methoxy groups -OCH3 is 1. The lowest BCUT2D eigenvalue weighted by Gasteiger charge is -2.20. The fraction of sp³-hybridized carbons (Fsp3) is 0.455. The van der Waals surface area contributed by atoms with Crippen LogP contribution in [0.4, 0.5) is 11.4 Å². The molecule has 0 aromatic heterocycles. The van der Waals surface area contributed by atoms with Crippen LogP contribution in [-0.2, 0) is 10.0 Å². The minimum Gasteiger partial charge on any atom is -0.496 e. The largest absolute Gasteiger partial charge is 0.496 e. The molecule has 8 heteroatoms. The molecule has 7 nitrogen and oxygen atoms in total. The Morgan fingerprint density at radius 2 is 1.89 bits per heavy atom. The first kappa shape index (κ1) is 15.2. The highest BCUT2D eigenvalue weighted by Gasteiger charge is 2.31. The summed E-state index contributed by atoms with van der Waals surface area (Å²) < 4.78 is 30.0. The Morgan fingerprint density at radius 1 is 1.32 bits per heavy atom. The van der Waals surface area contributed by atoms with Crippen LogP contribution in [-0.4, -0.2) is 25.2 Å². The summed E-state index contributed by atoms with van der Waals surface area (Å²) in [7, 11) is -2.35. The van der Waals surface area contributed by atoms with E-state index in [1.165, 1.54) is 46.1 Å². The van der Waals surface area contributed by atoms with Gasteiger partial charge in [0.1, 0.15) is 11.4 Å². The van der Waals surface area contributed by atoms with Crippen LogP contribution < -0.4 is 9.46 Å². The highest BCUT2D eigenvalue weighted by molar-refractivity contribution is 7.94. The molecule has 0 unspecified atom stereocenters. The van der Waals surface area contributed by atoms with Crippen LogP contribution in [0.3, 0.4) is 0 Å². The molecule has 1 aromatic carbocycles. The Labute approximate surface area is 111 Å². The molecule has 0 atom stereocenters. The zero-order valence-electron chi connectivity index (χ0n) is 11.1. The molecular weight excluding hydrogens is 272 g/mol. The van der Waals surface area contributed by atoms with Crippen molar-refractivity contribution in [2.75, 3.05) is 11.8 Å². The first-order valence-electron chi connectivity index (χ1n) is 5.43. The van der Waals surface area contributed by atoms with Crippen molar-refractivity contribution in [1.29, 1.82) is 0 Å². The number of sulfonamides is 1. The molecule has 0 bridgehead atoms. The SMILES string of the molecule is COc1ccc(NS(=O)(=O)C(C)(C)C)c([N+](=O)[O-])c1.